The van der Waals surface area contributed by atoms with E-state index in [0.717, 1.165) is 19.4 Å². The molecular weight excluding hydrogens is 237 g/mol. The van der Waals surface area contributed by atoms with Crippen LogP contribution >= 0.6 is 11.8 Å². The van der Waals surface area contributed by atoms with Crippen molar-refractivity contribution in [3.05, 3.63) is 0 Å². The van der Waals surface area contributed by atoms with Crippen LogP contribution in [-0.4, -0.2) is 29.2 Å². The second-order valence-electron chi connectivity index (χ2n) is 4.04. The van der Waals surface area contributed by atoms with Crippen molar-refractivity contribution in [1.29, 1.82) is 0 Å². The maximum absolute atomic E-state index is 12.1. The van der Waals surface area contributed by atoms with Crippen molar-refractivity contribution in [2.75, 3.05) is 6.54 Å². The molecule has 2 nitrogen and oxygen atoms in total. The Labute approximate surface area is 98.1 Å². The van der Waals surface area contributed by atoms with Crippen LogP contribution in [0.3, 0.4) is 0 Å². The second-order valence-corrected chi connectivity index (χ2v) is 5.33. The monoisotopic (exact) mass is 254 g/mol. The van der Waals surface area contributed by atoms with Gasteiger partial charge in [-0.2, -0.15) is 13.2 Å². The fraction of sp³-hybridized carbons (Fsp3) is 0.900. The van der Waals surface area contributed by atoms with Gasteiger partial charge in [0.1, 0.15) is 0 Å². The van der Waals surface area contributed by atoms with Gasteiger partial charge in [-0.05, 0) is 13.3 Å². The predicted molar refractivity (Wildman–Crippen MR) is 61.9 cm³/mol. The van der Waals surface area contributed by atoms with Crippen molar-refractivity contribution in [3.63, 3.8) is 0 Å². The largest absolute Gasteiger partial charge is 0.391 e. The van der Waals surface area contributed by atoms with E-state index in [9.17, 15) is 13.2 Å². The highest BCUT2D eigenvalue weighted by molar-refractivity contribution is 8.14. The Kier molecular flexibility index (Phi) is 4.95. The van der Waals surface area contributed by atoms with Crippen LogP contribution in [0.15, 0.2) is 4.99 Å². The van der Waals surface area contributed by atoms with Gasteiger partial charge in [0.2, 0.25) is 0 Å². The zero-order chi connectivity index (χ0) is 12.2. The molecule has 0 spiro atoms. The summed E-state index contributed by atoms with van der Waals surface area (Å²) in [6.07, 6.45) is -2.78. The summed E-state index contributed by atoms with van der Waals surface area (Å²) in [5, 5.41) is 3.91. The van der Waals surface area contributed by atoms with Crippen LogP contribution in [0.4, 0.5) is 13.2 Å². The first-order chi connectivity index (χ1) is 7.40. The Morgan fingerprint density at radius 1 is 1.56 bits per heavy atom. The van der Waals surface area contributed by atoms with Crippen molar-refractivity contribution >= 4 is 16.9 Å². The van der Waals surface area contributed by atoms with E-state index in [0.29, 0.717) is 10.4 Å². The summed E-state index contributed by atoms with van der Waals surface area (Å²) < 4.78 is 36.3. The van der Waals surface area contributed by atoms with Gasteiger partial charge in [-0.1, -0.05) is 25.1 Å². The highest BCUT2D eigenvalue weighted by atomic mass is 32.2. The lowest BCUT2D eigenvalue weighted by molar-refractivity contribution is -0.138. The average Bonchev–Trinajstić information content (AvgIpc) is 2.49. The topological polar surface area (TPSA) is 24.4 Å². The molecule has 0 aliphatic carbocycles. The molecule has 1 aliphatic rings. The molecule has 0 aromatic rings. The summed E-state index contributed by atoms with van der Waals surface area (Å²) >= 11 is 1.56. The fourth-order valence-electron chi connectivity index (χ4n) is 1.58. The van der Waals surface area contributed by atoms with Crippen LogP contribution < -0.4 is 5.32 Å². The lowest BCUT2D eigenvalue weighted by atomic mass is 10.2. The molecule has 6 heteroatoms. The van der Waals surface area contributed by atoms with Crippen LogP contribution in [0.2, 0.25) is 0 Å². The molecule has 0 aromatic heterocycles. The molecule has 94 valence electrons. The van der Waals surface area contributed by atoms with E-state index in [-0.39, 0.29) is 0 Å². The molecule has 0 saturated carbocycles. The van der Waals surface area contributed by atoms with E-state index in [4.69, 9.17) is 0 Å². The number of halogens is 3. The summed E-state index contributed by atoms with van der Waals surface area (Å²) in [7, 11) is 0. The zero-order valence-electron chi connectivity index (χ0n) is 9.47. The van der Waals surface area contributed by atoms with E-state index < -0.39 is 18.6 Å². The number of amidine groups is 1. The van der Waals surface area contributed by atoms with Gasteiger partial charge in [-0.3, -0.25) is 4.99 Å². The minimum Gasteiger partial charge on any atom is -0.362 e. The smallest absolute Gasteiger partial charge is 0.362 e. The molecule has 2 unspecified atom stereocenters. The Hall–Kier alpha value is -0.390. The maximum atomic E-state index is 12.1. The van der Waals surface area contributed by atoms with Gasteiger partial charge in [0, 0.05) is 11.3 Å². The number of hydrogen-bond donors (Lipinski definition) is 1. The van der Waals surface area contributed by atoms with Gasteiger partial charge in [-0.25, -0.2) is 0 Å². The van der Waals surface area contributed by atoms with Crippen LogP contribution in [0, 0.1) is 0 Å². The van der Waals surface area contributed by atoms with Crippen molar-refractivity contribution in [2.45, 2.75) is 50.6 Å². The van der Waals surface area contributed by atoms with E-state index in [1.54, 1.807) is 11.8 Å². The Morgan fingerprint density at radius 2 is 2.25 bits per heavy atom. The van der Waals surface area contributed by atoms with Crippen molar-refractivity contribution in [2.24, 2.45) is 4.99 Å². The molecule has 1 aliphatic heterocycles. The minimum absolute atomic E-state index is 0.436. The zero-order valence-corrected chi connectivity index (χ0v) is 10.3. The average molecular weight is 254 g/mol. The first kappa shape index (κ1) is 13.7. The Morgan fingerprint density at radius 3 is 2.81 bits per heavy atom. The molecule has 1 heterocycles. The van der Waals surface area contributed by atoms with E-state index >= 15 is 0 Å². The number of hydrogen-bond acceptors (Lipinski definition) is 3. The number of alkyl halides is 3. The first-order valence-corrected chi connectivity index (χ1v) is 6.33. The highest BCUT2D eigenvalue weighted by Crippen LogP contribution is 2.25. The lowest BCUT2D eigenvalue weighted by Gasteiger charge is -2.16. The molecule has 16 heavy (non-hydrogen) atoms. The van der Waals surface area contributed by atoms with Gasteiger partial charge < -0.3 is 5.32 Å². The predicted octanol–water partition coefficient (Wildman–Crippen LogP) is 3.19. The number of thioether (sulfide) groups is 1. The number of nitrogens with one attached hydrogen (secondary N) is 1. The molecule has 2 atom stereocenters. The molecular formula is C10H17F3N2S. The Bertz CT molecular complexity index is 253. The van der Waals surface area contributed by atoms with Crippen LogP contribution in [0.5, 0.6) is 0 Å². The van der Waals surface area contributed by atoms with Crippen molar-refractivity contribution in [3.8, 4) is 0 Å². The van der Waals surface area contributed by atoms with Gasteiger partial charge in [0.15, 0.2) is 5.17 Å². The summed E-state index contributed by atoms with van der Waals surface area (Å²) in [6, 6.07) is -0.605. The summed E-state index contributed by atoms with van der Waals surface area (Å²) in [5.74, 6) is 0. The molecule has 0 amide bonds. The van der Waals surface area contributed by atoms with Gasteiger partial charge >= 0.3 is 6.18 Å². The molecule has 0 aromatic carbocycles. The van der Waals surface area contributed by atoms with Crippen LogP contribution in [0.1, 0.15) is 33.1 Å². The van der Waals surface area contributed by atoms with Crippen LogP contribution in [0.25, 0.3) is 0 Å². The van der Waals surface area contributed by atoms with Crippen molar-refractivity contribution < 1.29 is 13.2 Å². The number of aliphatic imine (C=N–C) groups is 1. The number of rotatable bonds is 4. The third-order valence-electron chi connectivity index (χ3n) is 2.23. The van der Waals surface area contributed by atoms with Gasteiger partial charge in [-0.15, -0.1) is 0 Å². The maximum Gasteiger partial charge on any atom is 0.391 e. The summed E-state index contributed by atoms with van der Waals surface area (Å²) in [5.41, 5.74) is 0. The third kappa shape index (κ3) is 5.09. The summed E-state index contributed by atoms with van der Waals surface area (Å²) in [4.78, 5) is 4.21. The number of nitrogens with zero attached hydrogens (tertiary/aromatic N) is 1. The lowest BCUT2D eigenvalue weighted by Crippen LogP contribution is -2.34. The van der Waals surface area contributed by atoms with Crippen LogP contribution in [-0.2, 0) is 0 Å². The van der Waals surface area contributed by atoms with E-state index in [1.807, 2.05) is 0 Å². The summed E-state index contributed by atoms with van der Waals surface area (Å²) in [6.45, 7) is 4.35. The Balaban J connectivity index is 2.28. The SMILES string of the molecule is CCCC1CN=C(NC(C)CC(F)(F)F)S1. The van der Waals surface area contributed by atoms with E-state index in [1.165, 1.54) is 6.92 Å². The van der Waals surface area contributed by atoms with Crippen molar-refractivity contribution in [1.82, 2.24) is 5.32 Å². The first-order valence-electron chi connectivity index (χ1n) is 5.45. The molecule has 1 rings (SSSR count). The fourth-order valence-corrected chi connectivity index (χ4v) is 2.81. The second kappa shape index (κ2) is 5.80. The standard InChI is InChI=1S/C10H17F3N2S/c1-3-4-8-6-14-9(16-8)15-7(2)5-10(11,12)13/h7-8H,3-6H2,1-2H3,(H,14,15). The van der Waals surface area contributed by atoms with Gasteiger partial charge in [0.25, 0.3) is 0 Å². The quantitative estimate of drug-likeness (QED) is 0.833. The molecule has 0 bridgehead atoms. The normalized spacial score (nSPS) is 23.1. The molecule has 0 saturated heterocycles. The molecule has 0 fully saturated rings. The molecule has 0 radical (unpaired) electrons. The molecule has 1 N–H and O–H groups in total. The minimum atomic E-state index is -4.11. The highest BCUT2D eigenvalue weighted by Gasteiger charge is 2.31. The third-order valence-corrected chi connectivity index (χ3v) is 3.42. The van der Waals surface area contributed by atoms with E-state index in [2.05, 4.69) is 17.2 Å². The van der Waals surface area contributed by atoms with Gasteiger partial charge in [0.05, 0.1) is 13.0 Å².